The summed E-state index contributed by atoms with van der Waals surface area (Å²) in [5.41, 5.74) is 5.52. The van der Waals surface area contributed by atoms with Crippen LogP contribution in [0.3, 0.4) is 0 Å². The first-order valence-corrected chi connectivity index (χ1v) is 14.1. The molecule has 200 valence electrons. The molecule has 1 aromatic carbocycles. The van der Waals surface area contributed by atoms with Gasteiger partial charge in [-0.1, -0.05) is 26.0 Å². The maximum atomic E-state index is 11.2. The molecule has 7 heteroatoms. The van der Waals surface area contributed by atoms with Crippen molar-refractivity contribution in [3.8, 4) is 11.4 Å². The highest BCUT2D eigenvalue weighted by Gasteiger charge is 2.41. The quantitative estimate of drug-likeness (QED) is 0.380. The molecule has 3 saturated heterocycles. The van der Waals surface area contributed by atoms with Crippen molar-refractivity contribution in [2.45, 2.75) is 70.9 Å². The first-order valence-electron chi connectivity index (χ1n) is 14.1. The number of rotatable bonds is 10. The van der Waals surface area contributed by atoms with E-state index in [2.05, 4.69) is 52.6 Å². The summed E-state index contributed by atoms with van der Waals surface area (Å²) in [6.45, 7) is 10.1. The van der Waals surface area contributed by atoms with Crippen molar-refractivity contribution >= 4 is 11.6 Å². The Hall–Kier alpha value is -3.16. The summed E-state index contributed by atoms with van der Waals surface area (Å²) >= 11 is 0. The van der Waals surface area contributed by atoms with Crippen LogP contribution in [-0.2, 0) is 11.3 Å². The van der Waals surface area contributed by atoms with Crippen molar-refractivity contribution in [2.75, 3.05) is 25.0 Å². The third-order valence-electron chi connectivity index (χ3n) is 8.35. The summed E-state index contributed by atoms with van der Waals surface area (Å²) in [5.74, 6) is 2.36. The Morgan fingerprint density at radius 3 is 2.50 bits per heavy atom. The number of carbonyl (C=O) groups is 1. The average Bonchev–Trinajstić information content (AvgIpc) is 2.95. The van der Waals surface area contributed by atoms with Gasteiger partial charge in [0.25, 0.3) is 0 Å². The lowest BCUT2D eigenvalue weighted by Gasteiger charge is -2.50. The number of benzene rings is 1. The van der Waals surface area contributed by atoms with Crippen LogP contribution in [-0.4, -0.2) is 51.4 Å². The number of amides is 1. The zero-order chi connectivity index (χ0) is 26.5. The van der Waals surface area contributed by atoms with Crippen LogP contribution in [0.2, 0.25) is 0 Å². The minimum atomic E-state index is -0.0436. The minimum Gasteiger partial charge on any atom is -0.326 e. The van der Waals surface area contributed by atoms with Crippen LogP contribution in [0.5, 0.6) is 0 Å². The van der Waals surface area contributed by atoms with Gasteiger partial charge in [-0.15, -0.1) is 0 Å². The van der Waals surface area contributed by atoms with E-state index >= 15 is 0 Å². The van der Waals surface area contributed by atoms with Gasteiger partial charge in [0.1, 0.15) is 0 Å². The molecule has 0 spiro atoms. The van der Waals surface area contributed by atoms with Gasteiger partial charge in [-0.25, -0.2) is 9.97 Å². The van der Waals surface area contributed by atoms with E-state index in [-0.39, 0.29) is 5.91 Å². The van der Waals surface area contributed by atoms with Gasteiger partial charge in [-0.05, 0) is 74.0 Å². The number of nitrogens with one attached hydrogen (secondary N) is 2. The van der Waals surface area contributed by atoms with E-state index < -0.39 is 0 Å². The first-order chi connectivity index (χ1) is 18.5. The molecule has 1 amide bonds. The van der Waals surface area contributed by atoms with Gasteiger partial charge in [0.15, 0.2) is 5.82 Å². The molecule has 0 radical (unpaired) electrons. The van der Waals surface area contributed by atoms with E-state index in [0.717, 1.165) is 49.6 Å². The van der Waals surface area contributed by atoms with Crippen molar-refractivity contribution in [3.63, 3.8) is 0 Å². The molecular weight excluding hydrogens is 472 g/mol. The summed E-state index contributed by atoms with van der Waals surface area (Å²) in [6.07, 6.45) is 8.27. The maximum absolute atomic E-state index is 11.2. The number of pyridine rings is 1. The second-order valence-electron chi connectivity index (χ2n) is 10.8. The molecule has 4 atom stereocenters. The van der Waals surface area contributed by atoms with Crippen LogP contribution in [0.25, 0.3) is 11.4 Å². The minimum absolute atomic E-state index is 0.0436. The van der Waals surface area contributed by atoms with Gasteiger partial charge in [-0.2, -0.15) is 0 Å². The molecule has 3 aliphatic rings. The van der Waals surface area contributed by atoms with Gasteiger partial charge >= 0.3 is 0 Å². The number of nitrogens with zero attached hydrogens (tertiary/aromatic N) is 4. The zero-order valence-corrected chi connectivity index (χ0v) is 22.9. The lowest BCUT2D eigenvalue weighted by Crippen LogP contribution is -2.55. The van der Waals surface area contributed by atoms with Crippen LogP contribution in [0, 0.1) is 5.92 Å². The monoisotopic (exact) mass is 512 g/mol. The molecule has 3 fully saturated rings. The molecule has 7 nitrogen and oxygen atoms in total. The van der Waals surface area contributed by atoms with Gasteiger partial charge in [0.2, 0.25) is 5.91 Å². The number of carbonyl (C=O) groups excluding carboxylic acids is 1. The maximum Gasteiger partial charge on any atom is 0.221 e. The number of hydrogen-bond donors (Lipinski definition) is 2. The first kappa shape index (κ1) is 26.4. The predicted octanol–water partition coefficient (Wildman–Crippen LogP) is 5.37. The molecule has 2 bridgehead atoms. The zero-order valence-electron chi connectivity index (χ0n) is 22.9. The summed E-state index contributed by atoms with van der Waals surface area (Å²) < 4.78 is 0. The van der Waals surface area contributed by atoms with Gasteiger partial charge in [0, 0.05) is 79.5 Å². The third kappa shape index (κ3) is 6.11. The van der Waals surface area contributed by atoms with Crippen LogP contribution >= 0.6 is 0 Å². The van der Waals surface area contributed by atoms with Crippen LogP contribution in [0.1, 0.15) is 75.2 Å². The fourth-order valence-corrected chi connectivity index (χ4v) is 6.20. The third-order valence-corrected chi connectivity index (χ3v) is 8.35. The Bertz CT molecular complexity index is 1210. The van der Waals surface area contributed by atoms with E-state index in [9.17, 15) is 4.79 Å². The van der Waals surface area contributed by atoms with Crippen LogP contribution < -0.4 is 10.6 Å². The Balaban J connectivity index is 1.26. The molecule has 0 saturated carbocycles. The number of fused-ring (bicyclic) bond motifs is 3. The summed E-state index contributed by atoms with van der Waals surface area (Å²) in [5, 5.41) is 6.51. The van der Waals surface area contributed by atoms with Crippen molar-refractivity contribution in [1.29, 1.82) is 0 Å². The predicted molar refractivity (Wildman–Crippen MR) is 152 cm³/mol. The molecule has 5 heterocycles. The largest absolute Gasteiger partial charge is 0.326 e. The highest BCUT2D eigenvalue weighted by molar-refractivity contribution is 5.88. The van der Waals surface area contributed by atoms with E-state index in [1.807, 2.05) is 36.7 Å². The van der Waals surface area contributed by atoms with Crippen LogP contribution in [0.4, 0.5) is 5.69 Å². The molecule has 1 unspecified atom stereocenters. The Morgan fingerprint density at radius 1 is 1.08 bits per heavy atom. The molecule has 0 aliphatic carbocycles. The van der Waals surface area contributed by atoms with E-state index in [0.29, 0.717) is 23.8 Å². The van der Waals surface area contributed by atoms with Crippen molar-refractivity contribution < 1.29 is 4.79 Å². The molecular formula is C31H40N6O. The molecule has 38 heavy (non-hydrogen) atoms. The molecule has 2 aromatic heterocycles. The SMILES string of the molecule is CCC(CC)c1cc([C@H]2CN3CC[C@H]2C[C@@H]3CNCc2ccc(NC(C)=O)cc2)nc(-c2ccncc2)n1. The van der Waals surface area contributed by atoms with Gasteiger partial charge in [-0.3, -0.25) is 14.7 Å². The lowest BCUT2D eigenvalue weighted by atomic mass is 9.74. The number of anilines is 1. The van der Waals surface area contributed by atoms with E-state index in [1.165, 1.54) is 43.3 Å². The second kappa shape index (κ2) is 12.1. The Kier molecular flexibility index (Phi) is 8.45. The Labute approximate surface area is 226 Å². The number of aromatic nitrogens is 3. The van der Waals surface area contributed by atoms with Crippen molar-refractivity contribution in [1.82, 2.24) is 25.2 Å². The summed E-state index contributed by atoms with van der Waals surface area (Å²) in [7, 11) is 0. The smallest absolute Gasteiger partial charge is 0.221 e. The van der Waals surface area contributed by atoms with Crippen molar-refractivity contribution in [2.24, 2.45) is 5.92 Å². The normalized spacial score (nSPS) is 22.5. The van der Waals surface area contributed by atoms with Crippen LogP contribution in [0.15, 0.2) is 54.9 Å². The van der Waals surface area contributed by atoms with Gasteiger partial charge < -0.3 is 10.6 Å². The molecule has 6 rings (SSSR count). The number of hydrogen-bond acceptors (Lipinski definition) is 6. The fraction of sp³-hybridized carbons (Fsp3) is 0.484. The second-order valence-corrected chi connectivity index (χ2v) is 10.8. The standard InChI is InChI=1S/C31H40N6O/c1-4-23(5-2)29-17-30(36-31(35-29)24-10-13-32-14-11-24)28-20-37-15-12-25(28)16-27(37)19-33-18-22-6-8-26(9-7-22)34-21(3)38/h6-11,13-14,17,23,25,27-28,33H,4-5,12,15-16,18-20H2,1-3H3,(H,34,38)/t25-,27+,28-/m0/s1. The lowest BCUT2D eigenvalue weighted by molar-refractivity contribution is -0.114. The topological polar surface area (TPSA) is 83.0 Å². The molecule has 3 aromatic rings. The highest BCUT2D eigenvalue weighted by atomic mass is 16.1. The van der Waals surface area contributed by atoms with Crippen molar-refractivity contribution in [3.05, 3.63) is 71.8 Å². The molecule has 2 N–H and O–H groups in total. The molecule has 3 aliphatic heterocycles. The summed E-state index contributed by atoms with van der Waals surface area (Å²) in [4.78, 5) is 28.3. The Morgan fingerprint density at radius 2 is 1.84 bits per heavy atom. The average molecular weight is 513 g/mol. The summed E-state index contributed by atoms with van der Waals surface area (Å²) in [6, 6.07) is 15.0. The highest BCUT2D eigenvalue weighted by Crippen LogP contribution is 2.42. The van der Waals surface area contributed by atoms with Gasteiger partial charge in [0.05, 0.1) is 0 Å². The number of piperidine rings is 3. The van der Waals surface area contributed by atoms with E-state index in [1.54, 1.807) is 0 Å². The van der Waals surface area contributed by atoms with E-state index in [4.69, 9.17) is 9.97 Å². The fourth-order valence-electron chi connectivity index (χ4n) is 6.20.